The van der Waals surface area contributed by atoms with Gasteiger partial charge in [-0.15, -0.1) is 0 Å². The van der Waals surface area contributed by atoms with E-state index in [0.29, 0.717) is 6.54 Å². The standard InChI is InChI=1S/C9H11N2O3/c12-9(8-5-13-6-11-8)10-4-7-2-1-3-14-7/h5,7H,1-4H2,(H,10,12). The number of hydrogen-bond acceptors (Lipinski definition) is 4. The second-order valence-electron chi connectivity index (χ2n) is 3.17. The molecule has 5 heteroatoms. The van der Waals surface area contributed by atoms with Crippen LogP contribution in [0.25, 0.3) is 0 Å². The first kappa shape index (κ1) is 9.21. The van der Waals surface area contributed by atoms with E-state index < -0.39 is 0 Å². The molecule has 14 heavy (non-hydrogen) atoms. The number of aromatic nitrogens is 1. The van der Waals surface area contributed by atoms with Gasteiger partial charge in [0.05, 0.1) is 6.10 Å². The van der Waals surface area contributed by atoms with Crippen molar-refractivity contribution in [2.24, 2.45) is 0 Å². The van der Waals surface area contributed by atoms with E-state index in [1.165, 1.54) is 6.26 Å². The van der Waals surface area contributed by atoms with Crippen molar-refractivity contribution in [1.29, 1.82) is 0 Å². The molecule has 1 N–H and O–H groups in total. The summed E-state index contributed by atoms with van der Waals surface area (Å²) in [5, 5.41) is 2.72. The number of nitrogens with one attached hydrogen (secondary N) is 1. The molecular weight excluding hydrogens is 184 g/mol. The molecule has 2 rings (SSSR count). The Hall–Kier alpha value is -1.36. The highest BCUT2D eigenvalue weighted by atomic mass is 16.5. The van der Waals surface area contributed by atoms with E-state index in [0.717, 1.165) is 19.4 Å². The fraction of sp³-hybridized carbons (Fsp3) is 0.556. The van der Waals surface area contributed by atoms with Crippen LogP contribution in [-0.2, 0) is 4.74 Å². The van der Waals surface area contributed by atoms with Crippen molar-refractivity contribution in [2.45, 2.75) is 18.9 Å². The summed E-state index contributed by atoms with van der Waals surface area (Å²) in [6.45, 7) is 1.32. The van der Waals surface area contributed by atoms with Crippen LogP contribution in [0.5, 0.6) is 0 Å². The van der Waals surface area contributed by atoms with Crippen LogP contribution in [0.2, 0.25) is 0 Å². The minimum atomic E-state index is -0.245. The molecule has 0 saturated carbocycles. The highest BCUT2D eigenvalue weighted by Gasteiger charge is 2.17. The Balaban J connectivity index is 1.78. The summed E-state index contributed by atoms with van der Waals surface area (Å²) in [7, 11) is 0. The zero-order valence-electron chi connectivity index (χ0n) is 7.66. The average molecular weight is 195 g/mol. The van der Waals surface area contributed by atoms with E-state index >= 15 is 0 Å². The minimum absolute atomic E-state index is 0.148. The van der Waals surface area contributed by atoms with E-state index in [9.17, 15) is 4.79 Å². The Morgan fingerprint density at radius 2 is 2.71 bits per heavy atom. The van der Waals surface area contributed by atoms with Crippen molar-refractivity contribution in [3.05, 3.63) is 18.4 Å². The summed E-state index contributed by atoms with van der Waals surface area (Å²) in [5.74, 6) is -0.245. The maximum atomic E-state index is 11.4. The van der Waals surface area contributed by atoms with Gasteiger partial charge in [-0.05, 0) is 12.8 Å². The van der Waals surface area contributed by atoms with Crippen molar-refractivity contribution in [3.63, 3.8) is 0 Å². The second-order valence-corrected chi connectivity index (χ2v) is 3.17. The zero-order valence-corrected chi connectivity index (χ0v) is 7.66. The highest BCUT2D eigenvalue weighted by molar-refractivity contribution is 5.91. The van der Waals surface area contributed by atoms with Gasteiger partial charge in [0, 0.05) is 13.2 Å². The van der Waals surface area contributed by atoms with Crippen molar-refractivity contribution >= 4 is 5.91 Å². The lowest BCUT2D eigenvalue weighted by atomic mass is 10.2. The molecule has 1 saturated heterocycles. The smallest absolute Gasteiger partial charge is 0.284 e. The van der Waals surface area contributed by atoms with Gasteiger partial charge in [-0.3, -0.25) is 4.79 Å². The Morgan fingerprint density at radius 3 is 3.36 bits per heavy atom. The normalized spacial score (nSPS) is 21.0. The van der Waals surface area contributed by atoms with Crippen LogP contribution in [-0.4, -0.2) is 30.1 Å². The lowest BCUT2D eigenvalue weighted by Crippen LogP contribution is -2.31. The number of rotatable bonds is 3. The van der Waals surface area contributed by atoms with Crippen LogP contribution in [0.15, 0.2) is 10.7 Å². The topological polar surface area (TPSA) is 64.4 Å². The van der Waals surface area contributed by atoms with Crippen LogP contribution >= 0.6 is 0 Å². The van der Waals surface area contributed by atoms with Crippen LogP contribution in [0.1, 0.15) is 23.3 Å². The molecule has 1 atom stereocenters. The minimum Gasteiger partial charge on any atom is -0.440 e. The summed E-state index contributed by atoms with van der Waals surface area (Å²) in [5.41, 5.74) is 0.253. The third kappa shape index (κ3) is 2.11. The summed E-state index contributed by atoms with van der Waals surface area (Å²) in [4.78, 5) is 15.0. The molecular formula is C9H11N2O3. The van der Waals surface area contributed by atoms with Crippen molar-refractivity contribution in [1.82, 2.24) is 10.3 Å². The Labute approximate surface area is 81.5 Å². The van der Waals surface area contributed by atoms with Gasteiger partial charge in [-0.2, -0.15) is 4.98 Å². The van der Waals surface area contributed by atoms with E-state index in [-0.39, 0.29) is 17.7 Å². The number of carbonyl (C=O) groups excluding carboxylic acids is 1. The van der Waals surface area contributed by atoms with E-state index in [1.54, 1.807) is 0 Å². The van der Waals surface area contributed by atoms with Crippen LogP contribution in [0.3, 0.4) is 0 Å². The van der Waals surface area contributed by atoms with Gasteiger partial charge >= 0.3 is 0 Å². The van der Waals surface area contributed by atoms with Gasteiger partial charge < -0.3 is 14.5 Å². The maximum Gasteiger partial charge on any atom is 0.284 e. The zero-order chi connectivity index (χ0) is 9.80. The Bertz CT molecular complexity index is 291. The predicted octanol–water partition coefficient (Wildman–Crippen LogP) is 0.384. The molecule has 1 unspecified atom stereocenters. The quantitative estimate of drug-likeness (QED) is 0.757. The highest BCUT2D eigenvalue weighted by Crippen LogP contribution is 2.10. The molecule has 1 radical (unpaired) electrons. The predicted molar refractivity (Wildman–Crippen MR) is 46.6 cm³/mol. The number of carbonyl (C=O) groups is 1. The molecule has 1 amide bonds. The van der Waals surface area contributed by atoms with Crippen molar-refractivity contribution < 1.29 is 13.9 Å². The fourth-order valence-electron chi connectivity index (χ4n) is 1.39. The van der Waals surface area contributed by atoms with Gasteiger partial charge in [0.2, 0.25) is 0 Å². The molecule has 2 heterocycles. The fourth-order valence-corrected chi connectivity index (χ4v) is 1.39. The molecule has 0 bridgehead atoms. The molecule has 1 aromatic rings. The molecule has 5 nitrogen and oxygen atoms in total. The molecule has 1 aliphatic rings. The first-order valence-corrected chi connectivity index (χ1v) is 4.57. The first-order chi connectivity index (χ1) is 6.86. The average Bonchev–Trinajstić information content (AvgIpc) is 2.87. The first-order valence-electron chi connectivity index (χ1n) is 4.57. The molecule has 1 fully saturated rings. The lowest BCUT2D eigenvalue weighted by molar-refractivity contribution is 0.0853. The van der Waals surface area contributed by atoms with Gasteiger partial charge in [0.25, 0.3) is 12.3 Å². The molecule has 0 spiro atoms. The summed E-state index contributed by atoms with van der Waals surface area (Å²) >= 11 is 0. The molecule has 0 aliphatic carbocycles. The second kappa shape index (κ2) is 4.23. The summed E-state index contributed by atoms with van der Waals surface area (Å²) < 4.78 is 9.93. The van der Waals surface area contributed by atoms with Crippen molar-refractivity contribution in [3.8, 4) is 0 Å². The van der Waals surface area contributed by atoms with Gasteiger partial charge in [0.15, 0.2) is 5.69 Å². The third-order valence-corrected chi connectivity index (χ3v) is 2.14. The van der Waals surface area contributed by atoms with E-state index in [1.807, 2.05) is 0 Å². The molecule has 0 aromatic carbocycles. The van der Waals surface area contributed by atoms with Gasteiger partial charge in [0.1, 0.15) is 6.26 Å². The summed E-state index contributed by atoms with van der Waals surface area (Å²) in [6.07, 6.45) is 5.71. The Morgan fingerprint density at radius 1 is 1.79 bits per heavy atom. The lowest BCUT2D eigenvalue weighted by Gasteiger charge is -2.09. The number of oxazole rings is 1. The summed E-state index contributed by atoms with van der Waals surface area (Å²) in [6, 6.07) is 0. The number of hydrogen-bond donors (Lipinski definition) is 1. The molecule has 75 valence electrons. The molecule has 1 aromatic heterocycles. The van der Waals surface area contributed by atoms with Gasteiger partial charge in [-0.25, -0.2) is 0 Å². The maximum absolute atomic E-state index is 11.4. The van der Waals surface area contributed by atoms with E-state index in [2.05, 4.69) is 21.1 Å². The Kier molecular flexibility index (Phi) is 2.78. The van der Waals surface area contributed by atoms with Crippen molar-refractivity contribution in [2.75, 3.05) is 13.2 Å². The number of nitrogens with zero attached hydrogens (tertiary/aromatic N) is 1. The monoisotopic (exact) mass is 195 g/mol. The largest absolute Gasteiger partial charge is 0.440 e. The van der Waals surface area contributed by atoms with Gasteiger partial charge in [-0.1, -0.05) is 0 Å². The molecule has 1 aliphatic heterocycles. The number of ether oxygens (including phenoxy) is 1. The van der Waals surface area contributed by atoms with E-state index in [4.69, 9.17) is 4.74 Å². The SMILES string of the molecule is O=C(NCC1CCCO1)c1co[c]n1. The third-order valence-electron chi connectivity index (χ3n) is 2.14. The van der Waals surface area contributed by atoms with Crippen LogP contribution < -0.4 is 5.32 Å². The van der Waals surface area contributed by atoms with Crippen LogP contribution in [0.4, 0.5) is 0 Å². The van der Waals surface area contributed by atoms with Crippen LogP contribution in [0, 0.1) is 6.39 Å². The number of amides is 1.